The van der Waals surface area contributed by atoms with E-state index >= 15 is 0 Å². The first-order valence-corrected chi connectivity index (χ1v) is 8.71. The summed E-state index contributed by atoms with van der Waals surface area (Å²) >= 11 is 3.34. The van der Waals surface area contributed by atoms with Crippen LogP contribution in [-0.2, 0) is 9.59 Å². The van der Waals surface area contributed by atoms with Gasteiger partial charge in [0.25, 0.3) is 0 Å². The minimum atomic E-state index is -0.187. The molecule has 0 spiro atoms. The van der Waals surface area contributed by atoms with Crippen molar-refractivity contribution in [2.45, 2.75) is 37.4 Å². The van der Waals surface area contributed by atoms with Gasteiger partial charge in [0, 0.05) is 25.9 Å². The zero-order valence-corrected chi connectivity index (χ0v) is 13.7. The third kappa shape index (κ3) is 2.58. The first-order valence-electron chi connectivity index (χ1n) is 6.95. The number of hydrogen-bond donors (Lipinski definition) is 1. The van der Waals surface area contributed by atoms with Crippen molar-refractivity contribution in [3.63, 3.8) is 0 Å². The van der Waals surface area contributed by atoms with Gasteiger partial charge in [-0.3, -0.25) is 14.5 Å². The maximum Gasteiger partial charge on any atom is 0.168 e. The van der Waals surface area contributed by atoms with Crippen LogP contribution in [0.1, 0.15) is 26.7 Å². The average molecular weight is 312 g/mol. The minimum absolute atomic E-state index is 0.0301. The van der Waals surface area contributed by atoms with Crippen LogP contribution in [0.15, 0.2) is 9.81 Å². The topological polar surface area (TPSA) is 49.4 Å². The van der Waals surface area contributed by atoms with E-state index in [9.17, 15) is 9.59 Å². The van der Waals surface area contributed by atoms with Crippen molar-refractivity contribution >= 4 is 35.1 Å². The Bertz CT molecular complexity index is 479. The summed E-state index contributed by atoms with van der Waals surface area (Å²) in [5.41, 5.74) is 0.289. The number of rotatable bonds is 0. The van der Waals surface area contributed by atoms with E-state index in [2.05, 4.69) is 17.3 Å². The highest BCUT2D eigenvalue weighted by Gasteiger charge is 2.43. The molecule has 2 saturated heterocycles. The van der Waals surface area contributed by atoms with Crippen LogP contribution in [0.25, 0.3) is 0 Å². The third-order valence-corrected chi connectivity index (χ3v) is 7.14. The number of nitrogens with one attached hydrogen (secondary N) is 1. The van der Waals surface area contributed by atoms with Crippen molar-refractivity contribution in [3.8, 4) is 0 Å². The summed E-state index contributed by atoms with van der Waals surface area (Å²) < 4.78 is 0.937. The summed E-state index contributed by atoms with van der Waals surface area (Å²) in [6.45, 7) is 5.96. The second-order valence-electron chi connectivity index (χ2n) is 6.51. The van der Waals surface area contributed by atoms with E-state index in [0.717, 1.165) is 17.3 Å². The van der Waals surface area contributed by atoms with Gasteiger partial charge in [0.2, 0.25) is 0 Å². The Hall–Kier alpha value is -0.300. The van der Waals surface area contributed by atoms with Crippen molar-refractivity contribution in [3.05, 3.63) is 9.81 Å². The molecule has 0 radical (unpaired) electrons. The van der Waals surface area contributed by atoms with E-state index in [1.165, 1.54) is 0 Å². The molecule has 2 unspecified atom stereocenters. The molecule has 2 aliphatic heterocycles. The molecule has 0 aromatic carbocycles. The number of carbonyl (C=O) groups is 2. The van der Waals surface area contributed by atoms with Gasteiger partial charge in [0.05, 0.1) is 20.6 Å². The smallest absolute Gasteiger partial charge is 0.168 e. The van der Waals surface area contributed by atoms with E-state index < -0.39 is 0 Å². The second-order valence-corrected chi connectivity index (χ2v) is 9.05. The van der Waals surface area contributed by atoms with Crippen molar-refractivity contribution in [1.82, 2.24) is 10.2 Å². The molecule has 2 heterocycles. The zero-order valence-electron chi connectivity index (χ0n) is 12.1. The number of ketones is 2. The van der Waals surface area contributed by atoms with Crippen LogP contribution in [0.2, 0.25) is 0 Å². The number of nitrogens with zero attached hydrogens (tertiary/aromatic N) is 1. The lowest BCUT2D eigenvalue weighted by Crippen LogP contribution is -2.51. The highest BCUT2D eigenvalue weighted by atomic mass is 32.2. The van der Waals surface area contributed by atoms with Crippen molar-refractivity contribution in [2.24, 2.45) is 5.41 Å². The molecule has 1 aliphatic carbocycles. The lowest BCUT2D eigenvalue weighted by molar-refractivity contribution is -0.127. The number of likely N-dealkylation sites (N-methyl/N-ethyl adjacent to an activating group) is 1. The Labute approximate surface area is 128 Å². The molecule has 0 amide bonds. The summed E-state index contributed by atoms with van der Waals surface area (Å²) in [4.78, 5) is 27.0. The molecule has 3 fully saturated rings. The van der Waals surface area contributed by atoms with Crippen LogP contribution in [-0.4, -0.2) is 47.4 Å². The Morgan fingerprint density at radius 1 is 1.20 bits per heavy atom. The SMILES string of the molecule is CN1CCNC2SC(=C3C(=O)CC(C)(C)CC3=O)SC21. The standard InChI is InChI=1S/C14H20N2O2S2/c1-14(2)6-8(17)10(9(18)7-14)13-19-11-12(20-13)16(3)5-4-15-11/h11-12,15H,4-7H2,1-3H3. The molecule has 0 aromatic rings. The van der Waals surface area contributed by atoms with E-state index in [1.807, 2.05) is 13.8 Å². The van der Waals surface area contributed by atoms with Gasteiger partial charge in [0.1, 0.15) is 0 Å². The zero-order chi connectivity index (χ0) is 14.5. The minimum Gasteiger partial charge on any atom is -0.302 e. The number of Topliss-reactive ketones (excluding diaryl/α,β-unsaturated/α-hetero) is 2. The molecular formula is C14H20N2O2S2. The lowest BCUT2D eigenvalue weighted by atomic mass is 9.74. The molecular weight excluding hydrogens is 292 g/mol. The van der Waals surface area contributed by atoms with E-state index in [-0.39, 0.29) is 22.4 Å². The van der Waals surface area contributed by atoms with E-state index in [4.69, 9.17) is 0 Å². The molecule has 3 aliphatic rings. The highest BCUT2D eigenvalue weighted by Crippen LogP contribution is 2.51. The molecule has 4 nitrogen and oxygen atoms in total. The maximum atomic E-state index is 12.4. The fourth-order valence-corrected chi connectivity index (χ4v) is 6.29. The third-order valence-electron chi connectivity index (χ3n) is 4.01. The van der Waals surface area contributed by atoms with Crippen molar-refractivity contribution in [1.29, 1.82) is 0 Å². The van der Waals surface area contributed by atoms with Gasteiger partial charge in [-0.2, -0.15) is 0 Å². The van der Waals surface area contributed by atoms with Crippen LogP contribution >= 0.6 is 23.5 Å². The fourth-order valence-electron chi connectivity index (χ4n) is 2.96. The van der Waals surface area contributed by atoms with Gasteiger partial charge >= 0.3 is 0 Å². The number of thioether (sulfide) groups is 2. The average Bonchev–Trinajstić information content (AvgIpc) is 2.71. The van der Waals surface area contributed by atoms with E-state index in [0.29, 0.717) is 23.8 Å². The quantitative estimate of drug-likeness (QED) is 0.544. The van der Waals surface area contributed by atoms with Gasteiger partial charge in [-0.05, 0) is 12.5 Å². The van der Waals surface area contributed by atoms with Crippen molar-refractivity contribution in [2.75, 3.05) is 20.1 Å². The van der Waals surface area contributed by atoms with E-state index in [1.54, 1.807) is 23.5 Å². The summed E-state index contributed by atoms with van der Waals surface area (Å²) in [6.07, 6.45) is 0.967. The Morgan fingerprint density at radius 2 is 1.85 bits per heavy atom. The van der Waals surface area contributed by atoms with Gasteiger partial charge in [-0.25, -0.2) is 0 Å². The molecule has 6 heteroatoms. The molecule has 1 saturated carbocycles. The predicted octanol–water partition coefficient (Wildman–Crippen LogP) is 1.82. The van der Waals surface area contributed by atoms with Crippen molar-refractivity contribution < 1.29 is 9.59 Å². The number of piperazine rings is 1. The fraction of sp³-hybridized carbons (Fsp3) is 0.714. The summed E-state index contributed by atoms with van der Waals surface area (Å²) in [7, 11) is 2.10. The summed E-state index contributed by atoms with van der Waals surface area (Å²) in [5, 5.41) is 4.08. The van der Waals surface area contributed by atoms with Gasteiger partial charge in [-0.15, -0.1) is 0 Å². The number of hydrogen-bond acceptors (Lipinski definition) is 6. The predicted molar refractivity (Wildman–Crippen MR) is 83.4 cm³/mol. The summed E-state index contributed by atoms with van der Waals surface area (Å²) in [5.74, 6) is 0.0603. The Balaban J connectivity index is 1.88. The van der Waals surface area contributed by atoms with Crippen LogP contribution in [0.3, 0.4) is 0 Å². The molecule has 2 atom stereocenters. The van der Waals surface area contributed by atoms with Gasteiger partial charge in [0.15, 0.2) is 11.6 Å². The first-order chi connectivity index (χ1) is 9.37. The Kier molecular flexibility index (Phi) is 3.77. The normalized spacial score (nSPS) is 34.5. The number of allylic oxidation sites excluding steroid dienone is 1. The number of carbonyl (C=O) groups excluding carboxylic acids is 2. The van der Waals surface area contributed by atoms with Gasteiger partial charge < -0.3 is 5.32 Å². The highest BCUT2D eigenvalue weighted by molar-refractivity contribution is 8.26. The molecule has 0 aromatic heterocycles. The molecule has 110 valence electrons. The number of fused-ring (bicyclic) bond motifs is 1. The second kappa shape index (κ2) is 5.16. The molecule has 20 heavy (non-hydrogen) atoms. The Morgan fingerprint density at radius 3 is 2.45 bits per heavy atom. The summed E-state index contributed by atoms with van der Waals surface area (Å²) in [6, 6.07) is 0. The van der Waals surface area contributed by atoms with Crippen LogP contribution in [0, 0.1) is 5.41 Å². The monoisotopic (exact) mass is 312 g/mol. The lowest BCUT2D eigenvalue weighted by Gasteiger charge is -2.33. The largest absolute Gasteiger partial charge is 0.302 e. The molecule has 0 bridgehead atoms. The molecule has 1 N–H and O–H groups in total. The van der Waals surface area contributed by atoms with Crippen LogP contribution < -0.4 is 5.32 Å². The van der Waals surface area contributed by atoms with Crippen LogP contribution in [0.5, 0.6) is 0 Å². The maximum absolute atomic E-state index is 12.4. The van der Waals surface area contributed by atoms with Crippen LogP contribution in [0.4, 0.5) is 0 Å². The first kappa shape index (κ1) is 14.6. The van der Waals surface area contributed by atoms with Gasteiger partial charge in [-0.1, -0.05) is 37.4 Å². The molecule has 3 rings (SSSR count).